The van der Waals surface area contributed by atoms with E-state index >= 15 is 0 Å². The van der Waals surface area contributed by atoms with E-state index in [2.05, 4.69) is 27.9 Å². The third-order valence-electron chi connectivity index (χ3n) is 4.30. The smallest absolute Gasteiger partial charge is 0.232 e. The van der Waals surface area contributed by atoms with Gasteiger partial charge < -0.3 is 9.80 Å². The predicted octanol–water partition coefficient (Wildman–Crippen LogP) is 1.83. The van der Waals surface area contributed by atoms with E-state index < -0.39 is 0 Å². The van der Waals surface area contributed by atoms with Crippen molar-refractivity contribution in [3.8, 4) is 0 Å². The molecule has 0 spiro atoms. The molecule has 22 heavy (non-hydrogen) atoms. The highest BCUT2D eigenvalue weighted by atomic mass is 32.2. The minimum atomic E-state index is 0.294. The van der Waals surface area contributed by atoms with E-state index in [9.17, 15) is 4.79 Å². The van der Waals surface area contributed by atoms with Gasteiger partial charge in [-0.1, -0.05) is 6.92 Å². The van der Waals surface area contributed by atoms with Gasteiger partial charge in [0.25, 0.3) is 0 Å². The van der Waals surface area contributed by atoms with Crippen molar-refractivity contribution >= 4 is 23.5 Å². The lowest BCUT2D eigenvalue weighted by Gasteiger charge is -2.35. The third-order valence-corrected chi connectivity index (χ3v) is 5.46. The molecule has 5 nitrogen and oxygen atoms in total. The summed E-state index contributed by atoms with van der Waals surface area (Å²) in [7, 11) is 0. The minimum Gasteiger partial charge on any atom is -0.353 e. The Balaban J connectivity index is 1.45. The predicted molar refractivity (Wildman–Crippen MR) is 90.3 cm³/mol. The summed E-state index contributed by atoms with van der Waals surface area (Å²) >= 11 is 1.80. The minimum absolute atomic E-state index is 0.294. The van der Waals surface area contributed by atoms with Crippen molar-refractivity contribution in [3.63, 3.8) is 0 Å². The molecule has 3 rings (SSSR count). The fraction of sp³-hybridized carbons (Fsp3) is 0.688. The van der Waals surface area contributed by atoms with E-state index in [0.717, 1.165) is 55.8 Å². The average molecular weight is 320 g/mol. The molecule has 1 amide bonds. The van der Waals surface area contributed by atoms with E-state index in [-0.39, 0.29) is 0 Å². The number of amides is 1. The van der Waals surface area contributed by atoms with Gasteiger partial charge in [-0.05, 0) is 30.9 Å². The maximum atomic E-state index is 12.2. The van der Waals surface area contributed by atoms with Gasteiger partial charge in [0.1, 0.15) is 12.1 Å². The van der Waals surface area contributed by atoms with Crippen LogP contribution in [0.3, 0.4) is 0 Å². The molecule has 0 radical (unpaired) electrons. The number of aryl methyl sites for hydroxylation is 1. The van der Waals surface area contributed by atoms with Crippen LogP contribution in [-0.4, -0.2) is 58.5 Å². The number of carbonyl (C=O) groups excluding carboxylic acids is 1. The van der Waals surface area contributed by atoms with Gasteiger partial charge >= 0.3 is 0 Å². The van der Waals surface area contributed by atoms with Crippen LogP contribution < -0.4 is 4.90 Å². The Bertz CT molecular complexity index is 513. The lowest BCUT2D eigenvalue weighted by Crippen LogP contribution is -2.49. The number of carbonyl (C=O) groups is 1. The number of aromatic nitrogens is 2. The van der Waals surface area contributed by atoms with Gasteiger partial charge in [0, 0.05) is 37.9 Å². The second kappa shape index (κ2) is 7.31. The maximum absolute atomic E-state index is 12.2. The van der Waals surface area contributed by atoms with Crippen LogP contribution in [0.15, 0.2) is 12.4 Å². The number of nitrogens with zero attached hydrogens (tertiary/aromatic N) is 4. The molecule has 6 heteroatoms. The first-order chi connectivity index (χ1) is 10.8. The summed E-state index contributed by atoms with van der Waals surface area (Å²) in [5.74, 6) is 3.97. The fourth-order valence-corrected chi connectivity index (χ4v) is 3.77. The topological polar surface area (TPSA) is 49.3 Å². The summed E-state index contributed by atoms with van der Waals surface area (Å²) in [6, 6.07) is 2.06. The van der Waals surface area contributed by atoms with E-state index in [1.165, 1.54) is 12.8 Å². The van der Waals surface area contributed by atoms with Gasteiger partial charge in [0.05, 0.1) is 5.75 Å². The molecular weight excluding hydrogens is 296 g/mol. The number of hydrogen-bond donors (Lipinski definition) is 0. The second-order valence-corrected chi connectivity index (χ2v) is 7.08. The highest BCUT2D eigenvalue weighted by Crippen LogP contribution is 2.32. The first-order valence-corrected chi connectivity index (χ1v) is 9.33. The molecule has 0 bridgehead atoms. The van der Waals surface area contributed by atoms with Crippen molar-refractivity contribution < 1.29 is 4.79 Å². The molecule has 2 heterocycles. The van der Waals surface area contributed by atoms with E-state index in [4.69, 9.17) is 0 Å². The standard InChI is InChI=1S/C16H24N4OS/c1-2-14-9-15(18-12-17-14)19-5-7-20(8-6-19)16(21)11-22-10-13-3-4-13/h9,12-13H,2-8,10-11H2,1H3. The quantitative estimate of drug-likeness (QED) is 0.800. The van der Waals surface area contributed by atoms with Crippen LogP contribution in [0.1, 0.15) is 25.5 Å². The zero-order chi connectivity index (χ0) is 15.4. The van der Waals surface area contributed by atoms with Crippen molar-refractivity contribution in [3.05, 3.63) is 18.1 Å². The largest absolute Gasteiger partial charge is 0.353 e. The zero-order valence-corrected chi connectivity index (χ0v) is 14.0. The molecule has 1 aromatic heterocycles. The summed E-state index contributed by atoms with van der Waals surface area (Å²) in [6.07, 6.45) is 5.28. The molecule has 1 aromatic rings. The number of rotatable bonds is 6. The molecule has 1 aliphatic heterocycles. The number of anilines is 1. The van der Waals surface area contributed by atoms with Crippen molar-refractivity contribution in [2.45, 2.75) is 26.2 Å². The van der Waals surface area contributed by atoms with Crippen LogP contribution in [0.25, 0.3) is 0 Å². The molecule has 0 unspecified atom stereocenters. The first-order valence-electron chi connectivity index (χ1n) is 8.17. The van der Waals surface area contributed by atoms with Gasteiger partial charge in [0.2, 0.25) is 5.91 Å². The van der Waals surface area contributed by atoms with Gasteiger partial charge in [-0.3, -0.25) is 4.79 Å². The Labute approximate surface area is 136 Å². The molecule has 0 aromatic carbocycles. The Morgan fingerprint density at radius 1 is 1.27 bits per heavy atom. The van der Waals surface area contributed by atoms with Gasteiger partial charge in [-0.2, -0.15) is 11.8 Å². The zero-order valence-electron chi connectivity index (χ0n) is 13.2. The summed E-state index contributed by atoms with van der Waals surface area (Å²) in [6.45, 7) is 5.42. The van der Waals surface area contributed by atoms with Crippen molar-refractivity contribution in [1.82, 2.24) is 14.9 Å². The van der Waals surface area contributed by atoms with Crippen molar-refractivity contribution in [2.24, 2.45) is 5.92 Å². The maximum Gasteiger partial charge on any atom is 0.232 e. The van der Waals surface area contributed by atoms with Crippen LogP contribution in [0.5, 0.6) is 0 Å². The molecule has 120 valence electrons. The number of hydrogen-bond acceptors (Lipinski definition) is 5. The van der Waals surface area contributed by atoms with Crippen LogP contribution >= 0.6 is 11.8 Å². The van der Waals surface area contributed by atoms with E-state index in [0.29, 0.717) is 11.7 Å². The molecule has 2 fully saturated rings. The molecule has 0 N–H and O–H groups in total. The molecule has 1 saturated heterocycles. The Morgan fingerprint density at radius 3 is 2.73 bits per heavy atom. The number of thioether (sulfide) groups is 1. The normalized spacial score (nSPS) is 18.6. The van der Waals surface area contributed by atoms with Gasteiger partial charge in [-0.15, -0.1) is 0 Å². The van der Waals surface area contributed by atoms with E-state index in [1.54, 1.807) is 18.1 Å². The van der Waals surface area contributed by atoms with Crippen LogP contribution in [0.4, 0.5) is 5.82 Å². The van der Waals surface area contributed by atoms with Gasteiger partial charge in [0.15, 0.2) is 0 Å². The number of piperazine rings is 1. The Hall–Kier alpha value is -1.30. The Kier molecular flexibility index (Phi) is 5.18. The van der Waals surface area contributed by atoms with Crippen molar-refractivity contribution in [2.75, 3.05) is 42.6 Å². The van der Waals surface area contributed by atoms with Crippen LogP contribution in [0.2, 0.25) is 0 Å². The fourth-order valence-electron chi connectivity index (χ4n) is 2.63. The summed E-state index contributed by atoms with van der Waals surface area (Å²) in [4.78, 5) is 25.1. The first kappa shape index (κ1) is 15.6. The monoisotopic (exact) mass is 320 g/mol. The van der Waals surface area contributed by atoms with Crippen molar-refractivity contribution in [1.29, 1.82) is 0 Å². The van der Waals surface area contributed by atoms with Gasteiger partial charge in [-0.25, -0.2) is 9.97 Å². The highest BCUT2D eigenvalue weighted by molar-refractivity contribution is 7.99. The molecule has 1 aliphatic carbocycles. The molecule has 2 aliphatic rings. The lowest BCUT2D eigenvalue weighted by molar-refractivity contribution is -0.128. The summed E-state index contributed by atoms with van der Waals surface area (Å²) in [5, 5.41) is 0. The van der Waals surface area contributed by atoms with Crippen LogP contribution in [-0.2, 0) is 11.2 Å². The molecule has 1 saturated carbocycles. The Morgan fingerprint density at radius 2 is 2.05 bits per heavy atom. The third kappa shape index (κ3) is 4.12. The SMILES string of the molecule is CCc1cc(N2CCN(C(=O)CSCC3CC3)CC2)ncn1. The average Bonchev–Trinajstić information content (AvgIpc) is 3.39. The summed E-state index contributed by atoms with van der Waals surface area (Å²) in [5.41, 5.74) is 1.07. The highest BCUT2D eigenvalue weighted by Gasteiger charge is 2.24. The lowest BCUT2D eigenvalue weighted by atomic mass is 10.2. The molecular formula is C16H24N4OS. The molecule has 0 atom stereocenters. The summed E-state index contributed by atoms with van der Waals surface area (Å²) < 4.78 is 0. The van der Waals surface area contributed by atoms with Crippen LogP contribution in [0, 0.1) is 5.92 Å². The van der Waals surface area contributed by atoms with E-state index in [1.807, 2.05) is 4.90 Å². The second-order valence-electron chi connectivity index (χ2n) is 6.05.